The molecule has 31 heavy (non-hydrogen) atoms. The van der Waals surface area contributed by atoms with Gasteiger partial charge in [0, 0.05) is 0 Å². The number of ether oxygens (including phenoxy) is 2. The highest BCUT2D eigenvalue weighted by Gasteiger charge is 2.12. The van der Waals surface area contributed by atoms with Gasteiger partial charge in [0.05, 0.1) is 0 Å². The number of hydrogen-bond acceptors (Lipinski definition) is 7. The number of nitriles is 1. The molecule has 0 spiro atoms. The van der Waals surface area contributed by atoms with Gasteiger partial charge >= 0.3 is 0 Å². The molecule has 0 aliphatic heterocycles. The molecule has 0 atom stereocenters. The number of rotatable bonds is 9. The van der Waals surface area contributed by atoms with Gasteiger partial charge in [-0.3, -0.25) is 10.1 Å². The highest BCUT2D eigenvalue weighted by atomic mass is 32.1. The number of nitrogens with one attached hydrogen (secondary N) is 1. The first-order chi connectivity index (χ1) is 15.1. The lowest BCUT2D eigenvalue weighted by Gasteiger charge is -2.10. The first-order valence-electron chi connectivity index (χ1n) is 9.76. The molecule has 158 valence electrons. The van der Waals surface area contributed by atoms with E-state index in [0.717, 1.165) is 22.7 Å². The van der Waals surface area contributed by atoms with Crippen molar-refractivity contribution < 1.29 is 14.3 Å². The second-order valence-electron chi connectivity index (χ2n) is 6.51. The number of nitrogens with zero attached hydrogens (tertiary/aromatic N) is 3. The van der Waals surface area contributed by atoms with E-state index in [1.807, 2.05) is 50.2 Å². The summed E-state index contributed by atoms with van der Waals surface area (Å²) in [5.74, 6) is 0.921. The number of anilines is 1. The van der Waals surface area contributed by atoms with Crippen LogP contribution in [0.2, 0.25) is 0 Å². The van der Waals surface area contributed by atoms with Gasteiger partial charge in [-0.05, 0) is 48.7 Å². The Kier molecular flexibility index (Phi) is 7.73. The fourth-order valence-corrected chi connectivity index (χ4v) is 3.32. The Morgan fingerprint density at radius 1 is 1.16 bits per heavy atom. The van der Waals surface area contributed by atoms with Crippen molar-refractivity contribution in [3.63, 3.8) is 0 Å². The van der Waals surface area contributed by atoms with Crippen molar-refractivity contribution in [1.82, 2.24) is 10.2 Å². The van der Waals surface area contributed by atoms with Crippen LogP contribution in [0.15, 0.2) is 54.1 Å². The molecule has 0 aliphatic carbocycles. The summed E-state index contributed by atoms with van der Waals surface area (Å²) in [6.07, 6.45) is 2.24. The summed E-state index contributed by atoms with van der Waals surface area (Å²) in [4.78, 5) is 12.4. The molecule has 3 aromatic rings. The van der Waals surface area contributed by atoms with E-state index in [0.29, 0.717) is 29.7 Å². The van der Waals surface area contributed by atoms with Crippen LogP contribution in [0.5, 0.6) is 11.5 Å². The van der Waals surface area contributed by atoms with Gasteiger partial charge in [0.1, 0.15) is 41.4 Å². The van der Waals surface area contributed by atoms with E-state index >= 15 is 0 Å². The van der Waals surface area contributed by atoms with Crippen LogP contribution < -0.4 is 14.8 Å². The lowest BCUT2D eigenvalue weighted by atomic mass is 10.1. The molecular formula is C23H22N4O3S. The van der Waals surface area contributed by atoms with Gasteiger partial charge in [0.2, 0.25) is 5.13 Å². The van der Waals surface area contributed by atoms with E-state index in [9.17, 15) is 10.1 Å². The lowest BCUT2D eigenvalue weighted by molar-refractivity contribution is -0.112. The minimum Gasteiger partial charge on any atom is -0.490 e. The fraction of sp³-hybridized carbons (Fsp3) is 0.217. The Labute approximate surface area is 185 Å². The molecule has 0 aliphatic rings. The third-order valence-corrected chi connectivity index (χ3v) is 5.21. The van der Waals surface area contributed by atoms with Crippen molar-refractivity contribution in [2.75, 3.05) is 18.5 Å². The minimum atomic E-state index is -0.528. The molecule has 0 fully saturated rings. The molecule has 0 saturated heterocycles. The van der Waals surface area contributed by atoms with E-state index < -0.39 is 5.91 Å². The summed E-state index contributed by atoms with van der Waals surface area (Å²) in [5, 5.41) is 21.1. The van der Waals surface area contributed by atoms with E-state index in [1.54, 1.807) is 18.2 Å². The van der Waals surface area contributed by atoms with Crippen molar-refractivity contribution in [3.05, 3.63) is 70.2 Å². The van der Waals surface area contributed by atoms with Crippen molar-refractivity contribution in [2.24, 2.45) is 0 Å². The van der Waals surface area contributed by atoms with E-state index in [1.165, 1.54) is 17.4 Å². The second kappa shape index (κ2) is 10.9. The molecule has 2 aromatic carbocycles. The topological polar surface area (TPSA) is 97.1 Å². The molecule has 8 heteroatoms. The maximum Gasteiger partial charge on any atom is 0.268 e. The van der Waals surface area contributed by atoms with Crippen LogP contribution in [0.25, 0.3) is 6.08 Å². The standard InChI is InChI=1S/C23H22N4O3S/c1-3-21-26-27-23(31-21)25-22(28)18(15-24)13-17-8-6-9-19(14-17)29-11-12-30-20-10-5-4-7-16(20)2/h4-10,13-14H,3,11-12H2,1-2H3,(H,25,27,28). The highest BCUT2D eigenvalue weighted by molar-refractivity contribution is 7.15. The number of carbonyl (C=O) groups is 1. The normalized spacial score (nSPS) is 10.9. The molecule has 1 amide bonds. The summed E-state index contributed by atoms with van der Waals surface area (Å²) in [5.41, 5.74) is 1.71. The molecule has 1 aromatic heterocycles. The zero-order valence-corrected chi connectivity index (χ0v) is 18.1. The van der Waals surface area contributed by atoms with Crippen LogP contribution in [-0.4, -0.2) is 29.3 Å². The van der Waals surface area contributed by atoms with Crippen molar-refractivity contribution in [3.8, 4) is 17.6 Å². The highest BCUT2D eigenvalue weighted by Crippen LogP contribution is 2.19. The molecule has 0 saturated carbocycles. The van der Waals surface area contributed by atoms with E-state index in [2.05, 4.69) is 15.5 Å². The molecule has 0 radical (unpaired) electrons. The third kappa shape index (κ3) is 6.39. The van der Waals surface area contributed by atoms with Gasteiger partial charge in [0.15, 0.2) is 0 Å². The summed E-state index contributed by atoms with van der Waals surface area (Å²) in [7, 11) is 0. The Bertz CT molecular complexity index is 1120. The lowest BCUT2D eigenvalue weighted by Crippen LogP contribution is -2.13. The summed E-state index contributed by atoms with van der Waals surface area (Å²) < 4.78 is 11.5. The predicted molar refractivity (Wildman–Crippen MR) is 120 cm³/mol. The smallest absolute Gasteiger partial charge is 0.268 e. The fourth-order valence-electron chi connectivity index (χ4n) is 2.65. The Hall–Kier alpha value is -3.70. The number of carbonyl (C=O) groups excluding carboxylic acids is 1. The maximum absolute atomic E-state index is 12.4. The molecule has 0 unspecified atom stereocenters. The van der Waals surface area contributed by atoms with Crippen molar-refractivity contribution in [2.45, 2.75) is 20.3 Å². The van der Waals surface area contributed by atoms with Crippen molar-refractivity contribution in [1.29, 1.82) is 5.26 Å². The van der Waals surface area contributed by atoms with Crippen LogP contribution in [-0.2, 0) is 11.2 Å². The van der Waals surface area contributed by atoms with Gasteiger partial charge < -0.3 is 9.47 Å². The Morgan fingerprint density at radius 2 is 1.97 bits per heavy atom. The van der Waals surface area contributed by atoms with Crippen LogP contribution in [0, 0.1) is 18.3 Å². The second-order valence-corrected chi connectivity index (χ2v) is 7.58. The quantitative estimate of drug-likeness (QED) is 0.304. The Balaban J connectivity index is 1.58. The zero-order valence-electron chi connectivity index (χ0n) is 17.3. The summed E-state index contributed by atoms with van der Waals surface area (Å²) in [6, 6.07) is 16.9. The maximum atomic E-state index is 12.4. The van der Waals surface area contributed by atoms with E-state index in [4.69, 9.17) is 9.47 Å². The van der Waals surface area contributed by atoms with Gasteiger partial charge in [-0.15, -0.1) is 10.2 Å². The number of benzene rings is 2. The van der Waals surface area contributed by atoms with Gasteiger partial charge in [-0.25, -0.2) is 0 Å². The first kappa shape index (κ1) is 22.0. The largest absolute Gasteiger partial charge is 0.490 e. The van der Waals surface area contributed by atoms with Crippen LogP contribution in [0.3, 0.4) is 0 Å². The minimum absolute atomic E-state index is 0.0340. The summed E-state index contributed by atoms with van der Waals surface area (Å²) in [6.45, 7) is 4.71. The van der Waals surface area contributed by atoms with Crippen molar-refractivity contribution >= 4 is 28.5 Å². The average molecular weight is 435 g/mol. The molecule has 3 rings (SSSR count). The van der Waals surface area contributed by atoms with Gasteiger partial charge in [-0.2, -0.15) is 5.26 Å². The van der Waals surface area contributed by atoms with Crippen LogP contribution >= 0.6 is 11.3 Å². The van der Waals surface area contributed by atoms with Gasteiger partial charge in [-0.1, -0.05) is 48.6 Å². The first-order valence-corrected chi connectivity index (χ1v) is 10.6. The SMILES string of the molecule is CCc1nnc(NC(=O)C(C#N)=Cc2cccc(OCCOc3ccccc3C)c2)s1. The molecule has 1 N–H and O–H groups in total. The number of amides is 1. The van der Waals surface area contributed by atoms with Crippen LogP contribution in [0.4, 0.5) is 5.13 Å². The van der Waals surface area contributed by atoms with Crippen LogP contribution in [0.1, 0.15) is 23.1 Å². The van der Waals surface area contributed by atoms with E-state index in [-0.39, 0.29) is 5.57 Å². The Morgan fingerprint density at radius 3 is 2.71 bits per heavy atom. The number of para-hydroxylation sites is 1. The third-order valence-electron chi connectivity index (χ3n) is 4.23. The zero-order chi connectivity index (χ0) is 22.1. The molecule has 7 nitrogen and oxygen atoms in total. The molecular weight excluding hydrogens is 412 g/mol. The molecule has 1 heterocycles. The monoisotopic (exact) mass is 434 g/mol. The predicted octanol–water partition coefficient (Wildman–Crippen LogP) is 4.41. The number of aryl methyl sites for hydroxylation is 2. The molecule has 0 bridgehead atoms. The number of aromatic nitrogens is 2. The average Bonchev–Trinajstić information content (AvgIpc) is 3.24. The summed E-state index contributed by atoms with van der Waals surface area (Å²) >= 11 is 1.29. The number of hydrogen-bond donors (Lipinski definition) is 1. The van der Waals surface area contributed by atoms with Gasteiger partial charge in [0.25, 0.3) is 5.91 Å².